The predicted octanol–water partition coefficient (Wildman–Crippen LogP) is 3.52. The Morgan fingerprint density at radius 2 is 2.17 bits per heavy atom. The van der Waals surface area contributed by atoms with Gasteiger partial charge in [0.1, 0.15) is 0 Å². The van der Waals surface area contributed by atoms with Crippen LogP contribution in [-0.4, -0.2) is 47.6 Å². The summed E-state index contributed by atoms with van der Waals surface area (Å²) >= 11 is 0. The summed E-state index contributed by atoms with van der Waals surface area (Å²) in [5.74, 6) is 0.949. The van der Waals surface area contributed by atoms with Gasteiger partial charge in [-0.05, 0) is 31.4 Å². The number of aryl methyl sites for hydroxylation is 1. The van der Waals surface area contributed by atoms with Crippen LogP contribution < -0.4 is 5.32 Å². The fraction of sp³-hybridized carbons (Fsp3) is 0.444. The highest BCUT2D eigenvalue weighted by atomic mass is 127. The van der Waals surface area contributed by atoms with E-state index in [1.54, 1.807) is 0 Å². The lowest BCUT2D eigenvalue weighted by atomic mass is 10.3. The molecule has 5 nitrogen and oxygen atoms in total. The Morgan fingerprint density at radius 3 is 2.92 bits per heavy atom. The Bertz CT molecular complexity index is 650. The number of rotatable bonds is 8. The highest BCUT2D eigenvalue weighted by Crippen LogP contribution is 2.11. The van der Waals surface area contributed by atoms with E-state index in [2.05, 4.69) is 50.5 Å². The molecule has 0 bridgehead atoms. The number of unbranched alkanes of at least 4 members (excludes halogenated alkanes) is 1. The molecule has 2 rings (SSSR count). The van der Waals surface area contributed by atoms with Crippen LogP contribution >= 0.6 is 24.0 Å². The molecule has 0 atom stereocenters. The summed E-state index contributed by atoms with van der Waals surface area (Å²) in [5.41, 5.74) is 2.25. The average molecular weight is 441 g/mol. The van der Waals surface area contributed by atoms with Crippen LogP contribution in [-0.2, 0) is 6.54 Å². The third-order valence-corrected chi connectivity index (χ3v) is 3.86. The number of hydrogen-bond donors (Lipinski definition) is 1. The summed E-state index contributed by atoms with van der Waals surface area (Å²) in [4.78, 5) is 10.9. The number of hydrogen-bond acceptors (Lipinski definition) is 2. The largest absolute Gasteiger partial charge is 0.356 e. The van der Waals surface area contributed by atoms with E-state index in [0.717, 1.165) is 50.4 Å². The number of aliphatic imine (C=N–C) groups is 1. The van der Waals surface area contributed by atoms with E-state index in [1.807, 2.05) is 31.6 Å². The van der Waals surface area contributed by atoms with Crippen LogP contribution in [0.5, 0.6) is 0 Å². The first-order chi connectivity index (χ1) is 11.3. The smallest absolute Gasteiger partial charge is 0.193 e. The van der Waals surface area contributed by atoms with E-state index >= 15 is 0 Å². The molecule has 132 valence electrons. The number of para-hydroxylation sites is 2. The molecule has 0 aliphatic carbocycles. The van der Waals surface area contributed by atoms with E-state index in [9.17, 15) is 0 Å². The molecule has 1 aromatic carbocycles. The van der Waals surface area contributed by atoms with Crippen molar-refractivity contribution in [1.82, 2.24) is 19.8 Å². The van der Waals surface area contributed by atoms with Crippen molar-refractivity contribution in [3.63, 3.8) is 0 Å². The summed E-state index contributed by atoms with van der Waals surface area (Å²) in [5, 5.41) is 3.42. The van der Waals surface area contributed by atoms with Crippen molar-refractivity contribution in [3.8, 4) is 0 Å². The number of guanidine groups is 1. The molecule has 0 spiro atoms. The maximum absolute atomic E-state index is 4.42. The first kappa shape index (κ1) is 20.5. The van der Waals surface area contributed by atoms with E-state index in [4.69, 9.17) is 0 Å². The van der Waals surface area contributed by atoms with Crippen LogP contribution in [0, 0.1) is 0 Å². The van der Waals surface area contributed by atoms with Crippen molar-refractivity contribution in [2.75, 3.05) is 27.2 Å². The average Bonchev–Trinajstić information content (AvgIpc) is 2.98. The molecular formula is C18H28IN5. The van der Waals surface area contributed by atoms with Gasteiger partial charge in [0.25, 0.3) is 0 Å². The van der Waals surface area contributed by atoms with E-state index in [0.29, 0.717) is 0 Å². The summed E-state index contributed by atoms with van der Waals surface area (Å²) in [6.45, 7) is 6.58. The van der Waals surface area contributed by atoms with Crippen LogP contribution in [0.15, 0.2) is 48.2 Å². The third-order valence-electron chi connectivity index (χ3n) is 3.86. The Labute approximate surface area is 161 Å². The zero-order valence-electron chi connectivity index (χ0n) is 14.6. The fourth-order valence-corrected chi connectivity index (χ4v) is 2.60. The van der Waals surface area contributed by atoms with Crippen molar-refractivity contribution < 1.29 is 0 Å². The maximum Gasteiger partial charge on any atom is 0.193 e. The standard InChI is InChI=1S/C18H27N5.HI/c1-4-5-8-13-22(3)18(19-2)20-12-9-14-23-15-21-16-10-6-7-11-17(16)23;/h4,6-7,10-11,15H,1,5,8-9,12-14H2,2-3H3,(H,19,20);1H. The van der Waals surface area contributed by atoms with Crippen molar-refractivity contribution >= 4 is 41.0 Å². The van der Waals surface area contributed by atoms with Crippen molar-refractivity contribution in [1.29, 1.82) is 0 Å². The summed E-state index contributed by atoms with van der Waals surface area (Å²) in [6, 6.07) is 8.23. The molecule has 0 aliphatic rings. The number of aromatic nitrogens is 2. The van der Waals surface area contributed by atoms with Gasteiger partial charge in [-0.2, -0.15) is 0 Å². The van der Waals surface area contributed by atoms with Gasteiger partial charge in [-0.1, -0.05) is 18.2 Å². The van der Waals surface area contributed by atoms with Gasteiger partial charge < -0.3 is 14.8 Å². The number of imidazole rings is 1. The quantitative estimate of drug-likeness (QED) is 0.224. The van der Waals surface area contributed by atoms with Gasteiger partial charge in [-0.3, -0.25) is 4.99 Å². The van der Waals surface area contributed by atoms with E-state index < -0.39 is 0 Å². The molecule has 0 saturated carbocycles. The summed E-state index contributed by atoms with van der Waals surface area (Å²) < 4.78 is 2.20. The van der Waals surface area contributed by atoms with E-state index in [1.165, 1.54) is 5.52 Å². The molecule has 1 heterocycles. The Hall–Kier alpha value is -1.57. The Balaban J connectivity index is 0.00000288. The van der Waals surface area contributed by atoms with E-state index in [-0.39, 0.29) is 24.0 Å². The number of allylic oxidation sites excluding steroid dienone is 1. The number of benzene rings is 1. The molecule has 6 heteroatoms. The van der Waals surface area contributed by atoms with Crippen LogP contribution in [0.2, 0.25) is 0 Å². The molecule has 1 N–H and O–H groups in total. The minimum atomic E-state index is 0. The van der Waals surface area contributed by atoms with Crippen LogP contribution in [0.3, 0.4) is 0 Å². The molecule has 2 aromatic rings. The molecule has 0 radical (unpaired) electrons. The lowest BCUT2D eigenvalue weighted by Crippen LogP contribution is -2.39. The Kier molecular flexibility index (Phi) is 9.44. The number of nitrogens with one attached hydrogen (secondary N) is 1. The SMILES string of the molecule is C=CCCCN(C)C(=NC)NCCCn1cnc2ccccc21.I. The number of nitrogens with zero attached hydrogens (tertiary/aromatic N) is 4. The minimum absolute atomic E-state index is 0. The molecule has 0 saturated heterocycles. The van der Waals surface area contributed by atoms with Gasteiger partial charge in [0, 0.05) is 33.7 Å². The van der Waals surface area contributed by atoms with Crippen molar-refractivity contribution in [2.45, 2.75) is 25.8 Å². The van der Waals surface area contributed by atoms with Crippen LogP contribution in [0.25, 0.3) is 11.0 Å². The van der Waals surface area contributed by atoms with Crippen LogP contribution in [0.1, 0.15) is 19.3 Å². The zero-order valence-corrected chi connectivity index (χ0v) is 16.9. The summed E-state index contributed by atoms with van der Waals surface area (Å²) in [6.07, 6.45) is 7.04. The number of halogens is 1. The predicted molar refractivity (Wildman–Crippen MR) is 113 cm³/mol. The number of fused-ring (bicyclic) bond motifs is 1. The minimum Gasteiger partial charge on any atom is -0.356 e. The normalized spacial score (nSPS) is 11.2. The zero-order chi connectivity index (χ0) is 16.5. The molecule has 0 amide bonds. The van der Waals surface area contributed by atoms with Gasteiger partial charge in [-0.15, -0.1) is 30.6 Å². The fourth-order valence-electron chi connectivity index (χ4n) is 2.60. The second-order valence-corrected chi connectivity index (χ2v) is 5.61. The highest BCUT2D eigenvalue weighted by molar-refractivity contribution is 14.0. The van der Waals surface area contributed by atoms with Gasteiger partial charge in [0.2, 0.25) is 0 Å². The second kappa shape index (κ2) is 11.1. The van der Waals surface area contributed by atoms with Gasteiger partial charge in [0.15, 0.2) is 5.96 Å². The first-order valence-electron chi connectivity index (χ1n) is 8.19. The molecule has 0 fully saturated rings. The molecule has 0 aliphatic heterocycles. The molecule has 0 unspecified atom stereocenters. The monoisotopic (exact) mass is 441 g/mol. The lowest BCUT2D eigenvalue weighted by molar-refractivity contribution is 0.467. The van der Waals surface area contributed by atoms with Gasteiger partial charge in [-0.25, -0.2) is 4.98 Å². The van der Waals surface area contributed by atoms with Gasteiger partial charge in [0.05, 0.1) is 17.4 Å². The highest BCUT2D eigenvalue weighted by Gasteiger charge is 2.05. The lowest BCUT2D eigenvalue weighted by Gasteiger charge is -2.21. The summed E-state index contributed by atoms with van der Waals surface area (Å²) in [7, 11) is 3.90. The van der Waals surface area contributed by atoms with Crippen molar-refractivity contribution in [2.24, 2.45) is 4.99 Å². The molecule has 24 heavy (non-hydrogen) atoms. The molecule has 1 aromatic heterocycles. The van der Waals surface area contributed by atoms with Crippen LogP contribution in [0.4, 0.5) is 0 Å². The first-order valence-corrected chi connectivity index (χ1v) is 8.19. The van der Waals surface area contributed by atoms with Gasteiger partial charge >= 0.3 is 0 Å². The molecular weight excluding hydrogens is 413 g/mol. The second-order valence-electron chi connectivity index (χ2n) is 5.61. The third kappa shape index (κ3) is 5.81. The topological polar surface area (TPSA) is 45.5 Å². The Morgan fingerprint density at radius 1 is 1.38 bits per heavy atom. The maximum atomic E-state index is 4.42. The van der Waals surface area contributed by atoms with Crippen molar-refractivity contribution in [3.05, 3.63) is 43.2 Å².